The Morgan fingerprint density at radius 2 is 1.63 bits per heavy atom. The van der Waals surface area contributed by atoms with Crippen LogP contribution in [0, 0.1) is 0 Å². The summed E-state index contributed by atoms with van der Waals surface area (Å²) >= 11 is 0. The standard InChI is InChI=1S/C23H30N4O3/c1-25(2)23(29)22(18-7-5-4-6-8-18)26(3)17-21(28)24-19-9-11-20(12-10-19)27-13-15-30-16-14-27/h4-12,22H,13-17H2,1-3H3,(H,24,28). The summed E-state index contributed by atoms with van der Waals surface area (Å²) < 4.78 is 5.39. The van der Waals surface area contributed by atoms with Gasteiger partial charge in [0.25, 0.3) is 0 Å². The fourth-order valence-corrected chi connectivity index (χ4v) is 3.56. The highest BCUT2D eigenvalue weighted by atomic mass is 16.5. The Hall–Kier alpha value is -2.90. The van der Waals surface area contributed by atoms with Gasteiger partial charge in [0.2, 0.25) is 11.8 Å². The van der Waals surface area contributed by atoms with Crippen molar-refractivity contribution in [1.29, 1.82) is 0 Å². The van der Waals surface area contributed by atoms with E-state index in [1.165, 1.54) is 0 Å². The highest BCUT2D eigenvalue weighted by Gasteiger charge is 2.27. The van der Waals surface area contributed by atoms with Crippen molar-refractivity contribution in [1.82, 2.24) is 9.80 Å². The number of carbonyl (C=O) groups excluding carboxylic acids is 2. The van der Waals surface area contributed by atoms with Crippen molar-refractivity contribution in [3.8, 4) is 0 Å². The predicted octanol–water partition coefficient (Wildman–Crippen LogP) is 2.22. The normalized spacial score (nSPS) is 15.0. The minimum atomic E-state index is -0.518. The molecule has 0 radical (unpaired) electrons. The van der Waals surface area contributed by atoms with E-state index in [4.69, 9.17) is 4.74 Å². The number of hydrogen-bond acceptors (Lipinski definition) is 5. The van der Waals surface area contributed by atoms with E-state index in [1.54, 1.807) is 30.9 Å². The highest BCUT2D eigenvalue weighted by molar-refractivity contribution is 5.93. The monoisotopic (exact) mass is 410 g/mol. The Balaban J connectivity index is 1.63. The van der Waals surface area contributed by atoms with Crippen LogP contribution in [0.5, 0.6) is 0 Å². The van der Waals surface area contributed by atoms with E-state index >= 15 is 0 Å². The Morgan fingerprint density at radius 1 is 1.00 bits per heavy atom. The zero-order chi connectivity index (χ0) is 21.5. The van der Waals surface area contributed by atoms with Crippen LogP contribution < -0.4 is 10.2 Å². The average molecular weight is 411 g/mol. The first-order valence-corrected chi connectivity index (χ1v) is 10.1. The van der Waals surface area contributed by atoms with Crippen LogP contribution >= 0.6 is 0 Å². The molecule has 0 saturated carbocycles. The maximum absolute atomic E-state index is 12.8. The molecule has 2 amide bonds. The van der Waals surface area contributed by atoms with Gasteiger partial charge < -0.3 is 19.9 Å². The van der Waals surface area contributed by atoms with Gasteiger partial charge in [-0.1, -0.05) is 30.3 Å². The molecule has 2 aromatic carbocycles. The summed E-state index contributed by atoms with van der Waals surface area (Å²) in [5.74, 6) is -0.226. The lowest BCUT2D eigenvalue weighted by Crippen LogP contribution is -2.41. The lowest BCUT2D eigenvalue weighted by atomic mass is 10.0. The Kier molecular flexibility index (Phi) is 7.43. The number of nitrogens with zero attached hydrogens (tertiary/aromatic N) is 3. The van der Waals surface area contributed by atoms with Crippen LogP contribution in [0.25, 0.3) is 0 Å². The highest BCUT2D eigenvalue weighted by Crippen LogP contribution is 2.22. The second kappa shape index (κ2) is 10.2. The second-order valence-corrected chi connectivity index (χ2v) is 7.66. The Bertz CT molecular complexity index is 833. The van der Waals surface area contributed by atoms with Crippen LogP contribution in [0.4, 0.5) is 11.4 Å². The van der Waals surface area contributed by atoms with Gasteiger partial charge in [0, 0.05) is 38.6 Å². The molecule has 1 heterocycles. The van der Waals surface area contributed by atoms with Crippen LogP contribution in [0.15, 0.2) is 54.6 Å². The molecule has 1 aliphatic rings. The molecule has 0 aliphatic carbocycles. The molecule has 1 N–H and O–H groups in total. The van der Waals surface area contributed by atoms with Crippen molar-refractivity contribution >= 4 is 23.2 Å². The number of ether oxygens (including phenoxy) is 1. The summed E-state index contributed by atoms with van der Waals surface area (Å²) in [6.07, 6.45) is 0. The smallest absolute Gasteiger partial charge is 0.244 e. The molecule has 1 unspecified atom stereocenters. The van der Waals surface area contributed by atoms with Gasteiger partial charge in [-0.25, -0.2) is 0 Å². The van der Waals surface area contributed by atoms with Gasteiger partial charge in [0.1, 0.15) is 6.04 Å². The van der Waals surface area contributed by atoms with Gasteiger partial charge in [-0.3, -0.25) is 14.5 Å². The van der Waals surface area contributed by atoms with Gasteiger partial charge in [0.15, 0.2) is 0 Å². The van der Waals surface area contributed by atoms with Crippen molar-refractivity contribution in [2.75, 3.05) is 64.2 Å². The number of carbonyl (C=O) groups is 2. The molecule has 2 aromatic rings. The van der Waals surface area contributed by atoms with Gasteiger partial charge in [0.05, 0.1) is 19.8 Å². The number of morpholine rings is 1. The third-order valence-corrected chi connectivity index (χ3v) is 5.15. The first-order chi connectivity index (χ1) is 14.5. The molecular formula is C23H30N4O3. The lowest BCUT2D eigenvalue weighted by Gasteiger charge is -2.29. The first kappa shape index (κ1) is 21.8. The maximum atomic E-state index is 12.8. The number of likely N-dealkylation sites (N-methyl/N-ethyl adjacent to an activating group) is 2. The molecule has 30 heavy (non-hydrogen) atoms. The summed E-state index contributed by atoms with van der Waals surface area (Å²) in [5.41, 5.74) is 2.72. The molecule has 7 heteroatoms. The van der Waals surface area contributed by atoms with Crippen molar-refractivity contribution in [3.05, 3.63) is 60.2 Å². The third-order valence-electron chi connectivity index (χ3n) is 5.15. The first-order valence-electron chi connectivity index (χ1n) is 10.1. The van der Waals surface area contributed by atoms with Crippen LogP contribution in [0.1, 0.15) is 11.6 Å². The second-order valence-electron chi connectivity index (χ2n) is 7.66. The van der Waals surface area contributed by atoms with Crippen LogP contribution in [-0.2, 0) is 14.3 Å². The minimum Gasteiger partial charge on any atom is -0.378 e. The third kappa shape index (κ3) is 5.58. The van der Waals surface area contributed by atoms with E-state index in [0.717, 1.165) is 43.2 Å². The van der Waals surface area contributed by atoms with E-state index in [0.29, 0.717) is 0 Å². The minimum absolute atomic E-state index is 0.0636. The topological polar surface area (TPSA) is 65.1 Å². The molecule has 1 atom stereocenters. The quantitative estimate of drug-likeness (QED) is 0.758. The van der Waals surface area contributed by atoms with Crippen LogP contribution in [0.2, 0.25) is 0 Å². The summed E-state index contributed by atoms with van der Waals surface area (Å²) in [4.78, 5) is 31.0. The van der Waals surface area contributed by atoms with E-state index in [-0.39, 0.29) is 18.4 Å². The maximum Gasteiger partial charge on any atom is 0.244 e. The van der Waals surface area contributed by atoms with E-state index in [1.807, 2.05) is 54.6 Å². The molecule has 0 spiro atoms. The summed E-state index contributed by atoms with van der Waals surface area (Å²) in [6.45, 7) is 3.32. The fraction of sp³-hybridized carbons (Fsp3) is 0.391. The molecule has 1 saturated heterocycles. The molecule has 7 nitrogen and oxygen atoms in total. The lowest BCUT2D eigenvalue weighted by molar-refractivity contribution is -0.134. The van der Waals surface area contributed by atoms with Crippen molar-refractivity contribution < 1.29 is 14.3 Å². The number of nitrogens with one attached hydrogen (secondary N) is 1. The molecule has 1 fully saturated rings. The van der Waals surface area contributed by atoms with E-state index < -0.39 is 6.04 Å². The largest absolute Gasteiger partial charge is 0.378 e. The molecule has 3 rings (SSSR count). The predicted molar refractivity (Wildman–Crippen MR) is 119 cm³/mol. The van der Waals surface area contributed by atoms with Gasteiger partial charge in [-0.15, -0.1) is 0 Å². The number of benzene rings is 2. The Labute approximate surface area is 178 Å². The fourth-order valence-electron chi connectivity index (χ4n) is 3.56. The number of rotatable bonds is 7. The van der Waals surface area contributed by atoms with Crippen molar-refractivity contribution in [3.63, 3.8) is 0 Å². The zero-order valence-corrected chi connectivity index (χ0v) is 17.9. The molecular weight excluding hydrogens is 380 g/mol. The zero-order valence-electron chi connectivity index (χ0n) is 17.9. The van der Waals surface area contributed by atoms with E-state index in [9.17, 15) is 9.59 Å². The molecule has 160 valence electrons. The number of hydrogen-bond donors (Lipinski definition) is 1. The van der Waals surface area contributed by atoms with E-state index in [2.05, 4.69) is 10.2 Å². The molecule has 0 aromatic heterocycles. The SMILES string of the molecule is CN(C)C(=O)C(c1ccccc1)N(C)CC(=O)Nc1ccc(N2CCOCC2)cc1. The molecule has 0 bridgehead atoms. The summed E-state index contributed by atoms with van der Waals surface area (Å²) in [6, 6.07) is 16.8. The van der Waals surface area contributed by atoms with Gasteiger partial charge in [-0.2, -0.15) is 0 Å². The van der Waals surface area contributed by atoms with Gasteiger partial charge >= 0.3 is 0 Å². The van der Waals surface area contributed by atoms with Crippen molar-refractivity contribution in [2.24, 2.45) is 0 Å². The Morgan fingerprint density at radius 3 is 2.23 bits per heavy atom. The average Bonchev–Trinajstić information content (AvgIpc) is 2.75. The number of amides is 2. The van der Waals surface area contributed by atoms with Crippen LogP contribution in [0.3, 0.4) is 0 Å². The summed E-state index contributed by atoms with van der Waals surface area (Å²) in [7, 11) is 5.24. The number of anilines is 2. The van der Waals surface area contributed by atoms with Crippen molar-refractivity contribution in [2.45, 2.75) is 6.04 Å². The molecule has 1 aliphatic heterocycles. The van der Waals surface area contributed by atoms with Crippen LogP contribution in [-0.4, -0.2) is 75.6 Å². The summed E-state index contributed by atoms with van der Waals surface area (Å²) in [5, 5.41) is 2.93. The van der Waals surface area contributed by atoms with Gasteiger partial charge in [-0.05, 0) is 36.9 Å².